The standard InChI is InChI=1S/C19H23F2N5O4/c1-29-8-7-22-18(28)16-11-25(24-23-16)10-14-9-19(20,21)13-26(14)17(27)12-30-15-5-3-2-4-6-15/h2-6,11,14H,7-10,12-13H2,1H3,(H,22,28). The molecule has 1 aromatic carbocycles. The lowest BCUT2D eigenvalue weighted by atomic mass is 10.2. The molecular weight excluding hydrogens is 400 g/mol. The Morgan fingerprint density at radius 2 is 2.07 bits per heavy atom. The monoisotopic (exact) mass is 423 g/mol. The lowest BCUT2D eigenvalue weighted by Crippen LogP contribution is -2.41. The number of hydrogen-bond donors (Lipinski definition) is 1. The molecule has 1 fully saturated rings. The van der Waals surface area contributed by atoms with Crippen LogP contribution in [0, 0.1) is 0 Å². The first kappa shape index (κ1) is 21.6. The van der Waals surface area contributed by atoms with Gasteiger partial charge in [-0.3, -0.25) is 9.59 Å². The molecule has 30 heavy (non-hydrogen) atoms. The molecule has 1 aromatic heterocycles. The van der Waals surface area contributed by atoms with Gasteiger partial charge in [0.05, 0.1) is 31.9 Å². The van der Waals surface area contributed by atoms with Crippen LogP contribution in [0.25, 0.3) is 0 Å². The molecule has 0 aliphatic carbocycles. The van der Waals surface area contributed by atoms with Crippen molar-refractivity contribution in [1.82, 2.24) is 25.2 Å². The van der Waals surface area contributed by atoms with E-state index < -0.39 is 36.7 Å². The average Bonchev–Trinajstić information content (AvgIpc) is 3.31. The smallest absolute Gasteiger partial charge is 0.273 e. The van der Waals surface area contributed by atoms with E-state index in [1.165, 1.54) is 18.0 Å². The Kier molecular flexibility index (Phi) is 6.93. The number of hydrogen-bond acceptors (Lipinski definition) is 6. The predicted octanol–water partition coefficient (Wildman–Crippen LogP) is 0.969. The van der Waals surface area contributed by atoms with Gasteiger partial charge in [-0.2, -0.15) is 0 Å². The maximum Gasteiger partial charge on any atom is 0.273 e. The summed E-state index contributed by atoms with van der Waals surface area (Å²) in [5.74, 6) is -3.51. The fourth-order valence-corrected chi connectivity index (χ4v) is 3.16. The van der Waals surface area contributed by atoms with Gasteiger partial charge in [0.15, 0.2) is 12.3 Å². The molecule has 0 saturated carbocycles. The third-order valence-corrected chi connectivity index (χ3v) is 4.56. The molecule has 9 nitrogen and oxygen atoms in total. The largest absolute Gasteiger partial charge is 0.484 e. The Hall–Kier alpha value is -3.08. The quantitative estimate of drug-likeness (QED) is 0.604. The number of nitrogens with zero attached hydrogens (tertiary/aromatic N) is 4. The van der Waals surface area contributed by atoms with E-state index in [-0.39, 0.29) is 18.8 Å². The molecule has 2 heterocycles. The second-order valence-electron chi connectivity index (χ2n) is 6.91. The van der Waals surface area contributed by atoms with Gasteiger partial charge in [-0.1, -0.05) is 23.4 Å². The number of amides is 2. The minimum atomic E-state index is -3.01. The maximum atomic E-state index is 14.0. The Balaban J connectivity index is 1.60. The predicted molar refractivity (Wildman–Crippen MR) is 101 cm³/mol. The molecule has 1 unspecified atom stereocenters. The van der Waals surface area contributed by atoms with Gasteiger partial charge in [-0.05, 0) is 12.1 Å². The Morgan fingerprint density at radius 3 is 2.80 bits per heavy atom. The van der Waals surface area contributed by atoms with E-state index in [9.17, 15) is 18.4 Å². The van der Waals surface area contributed by atoms with Crippen LogP contribution in [-0.4, -0.2) is 77.1 Å². The van der Waals surface area contributed by atoms with Gasteiger partial charge in [0, 0.05) is 20.1 Å². The van der Waals surface area contributed by atoms with Crippen molar-refractivity contribution in [2.45, 2.75) is 24.9 Å². The molecular formula is C19H23F2N5O4. The highest BCUT2D eigenvalue weighted by Crippen LogP contribution is 2.32. The average molecular weight is 423 g/mol. The van der Waals surface area contributed by atoms with Crippen LogP contribution in [0.5, 0.6) is 5.75 Å². The fourth-order valence-electron chi connectivity index (χ4n) is 3.16. The molecule has 1 saturated heterocycles. The molecule has 2 amide bonds. The Labute approximate surface area is 171 Å². The highest BCUT2D eigenvalue weighted by atomic mass is 19.3. The van der Waals surface area contributed by atoms with Gasteiger partial charge in [0.25, 0.3) is 17.7 Å². The molecule has 1 aliphatic heterocycles. The number of carbonyl (C=O) groups is 2. The Morgan fingerprint density at radius 1 is 1.30 bits per heavy atom. The van der Waals surface area contributed by atoms with Crippen molar-refractivity contribution in [1.29, 1.82) is 0 Å². The van der Waals surface area contributed by atoms with Gasteiger partial charge in [-0.25, -0.2) is 13.5 Å². The summed E-state index contributed by atoms with van der Waals surface area (Å²) in [7, 11) is 1.51. The SMILES string of the molecule is COCCNC(=O)c1cn(CC2CC(F)(F)CN2C(=O)COc2ccccc2)nn1. The van der Waals surface area contributed by atoms with Crippen molar-refractivity contribution in [2.75, 3.05) is 33.4 Å². The van der Waals surface area contributed by atoms with Crippen molar-refractivity contribution in [2.24, 2.45) is 0 Å². The third-order valence-electron chi connectivity index (χ3n) is 4.56. The molecule has 11 heteroatoms. The molecule has 0 spiro atoms. The fraction of sp³-hybridized carbons (Fsp3) is 0.474. The molecule has 0 bridgehead atoms. The van der Waals surface area contributed by atoms with Gasteiger partial charge in [0.2, 0.25) is 0 Å². The summed E-state index contributed by atoms with van der Waals surface area (Å²) in [5.41, 5.74) is 0.0566. The highest BCUT2D eigenvalue weighted by molar-refractivity contribution is 5.91. The number of alkyl halides is 2. The molecule has 162 valence electrons. The van der Waals surface area contributed by atoms with Crippen molar-refractivity contribution >= 4 is 11.8 Å². The summed E-state index contributed by atoms with van der Waals surface area (Å²) in [6.45, 7) is -0.389. The molecule has 0 radical (unpaired) electrons. The van der Waals surface area contributed by atoms with E-state index in [1.54, 1.807) is 30.3 Å². The van der Waals surface area contributed by atoms with E-state index in [1.807, 2.05) is 0 Å². The van der Waals surface area contributed by atoms with Crippen LogP contribution in [0.1, 0.15) is 16.9 Å². The minimum Gasteiger partial charge on any atom is -0.484 e. The molecule has 1 aliphatic rings. The van der Waals surface area contributed by atoms with Crippen molar-refractivity contribution < 1.29 is 27.8 Å². The zero-order chi connectivity index (χ0) is 21.6. The number of para-hydroxylation sites is 1. The normalized spacial score (nSPS) is 17.7. The van der Waals surface area contributed by atoms with E-state index >= 15 is 0 Å². The second kappa shape index (κ2) is 9.61. The summed E-state index contributed by atoms with van der Waals surface area (Å²) < 4.78 is 39.6. The number of benzene rings is 1. The topological polar surface area (TPSA) is 98.6 Å². The number of nitrogens with one attached hydrogen (secondary N) is 1. The van der Waals surface area contributed by atoms with Crippen LogP contribution in [-0.2, 0) is 16.1 Å². The number of halogens is 2. The van der Waals surface area contributed by atoms with Gasteiger partial charge < -0.3 is 19.7 Å². The molecule has 1 N–H and O–H groups in total. The van der Waals surface area contributed by atoms with E-state index in [0.717, 1.165) is 4.90 Å². The summed E-state index contributed by atoms with van der Waals surface area (Å²) in [5, 5.41) is 10.2. The number of aromatic nitrogens is 3. The van der Waals surface area contributed by atoms with Gasteiger partial charge in [0.1, 0.15) is 5.75 Å². The van der Waals surface area contributed by atoms with Crippen LogP contribution < -0.4 is 10.1 Å². The number of ether oxygens (including phenoxy) is 2. The lowest BCUT2D eigenvalue weighted by Gasteiger charge is -2.23. The van der Waals surface area contributed by atoms with E-state index in [2.05, 4.69) is 15.6 Å². The zero-order valence-corrected chi connectivity index (χ0v) is 16.5. The van der Waals surface area contributed by atoms with Crippen LogP contribution in [0.15, 0.2) is 36.5 Å². The first-order valence-corrected chi connectivity index (χ1v) is 9.40. The maximum absolute atomic E-state index is 14.0. The Bertz CT molecular complexity index is 862. The van der Waals surface area contributed by atoms with Crippen LogP contribution in [0.3, 0.4) is 0 Å². The first-order chi connectivity index (χ1) is 14.4. The summed E-state index contributed by atoms with van der Waals surface area (Å²) in [6.07, 6.45) is 0.862. The van der Waals surface area contributed by atoms with Crippen LogP contribution in [0.2, 0.25) is 0 Å². The summed E-state index contributed by atoms with van der Waals surface area (Å²) >= 11 is 0. The van der Waals surface area contributed by atoms with Gasteiger partial charge in [-0.15, -0.1) is 5.10 Å². The van der Waals surface area contributed by atoms with Crippen molar-refractivity contribution in [3.63, 3.8) is 0 Å². The first-order valence-electron chi connectivity index (χ1n) is 9.40. The van der Waals surface area contributed by atoms with Crippen LogP contribution >= 0.6 is 0 Å². The van der Waals surface area contributed by atoms with E-state index in [4.69, 9.17) is 9.47 Å². The number of methoxy groups -OCH3 is 1. The van der Waals surface area contributed by atoms with E-state index in [0.29, 0.717) is 18.9 Å². The third kappa shape index (κ3) is 5.72. The van der Waals surface area contributed by atoms with Crippen molar-refractivity contribution in [3.8, 4) is 5.75 Å². The molecule has 1 atom stereocenters. The summed E-state index contributed by atoms with van der Waals surface area (Å²) in [6, 6.07) is 7.87. The summed E-state index contributed by atoms with van der Waals surface area (Å²) in [4.78, 5) is 25.6. The van der Waals surface area contributed by atoms with Crippen molar-refractivity contribution in [3.05, 3.63) is 42.2 Å². The highest BCUT2D eigenvalue weighted by Gasteiger charge is 2.47. The number of carbonyl (C=O) groups excluding carboxylic acids is 2. The minimum absolute atomic E-state index is 0.00891. The van der Waals surface area contributed by atoms with Crippen LogP contribution in [0.4, 0.5) is 8.78 Å². The molecule has 3 rings (SSSR count). The van der Waals surface area contributed by atoms with Gasteiger partial charge >= 0.3 is 0 Å². The second-order valence-corrected chi connectivity index (χ2v) is 6.91. The number of rotatable bonds is 9. The number of likely N-dealkylation sites (tertiary alicyclic amines) is 1. The lowest BCUT2D eigenvalue weighted by molar-refractivity contribution is -0.135. The molecule has 2 aromatic rings. The zero-order valence-electron chi connectivity index (χ0n) is 16.5.